The van der Waals surface area contributed by atoms with E-state index < -0.39 is 0 Å². The van der Waals surface area contributed by atoms with Gasteiger partial charge in [0.25, 0.3) is 0 Å². The predicted molar refractivity (Wildman–Crippen MR) is 98.8 cm³/mol. The number of rotatable bonds is 5. The number of aliphatic hydroxyl groups excluding tert-OH is 1. The van der Waals surface area contributed by atoms with Crippen LogP contribution in [-0.4, -0.2) is 26.5 Å². The molecule has 3 aromatic rings. The summed E-state index contributed by atoms with van der Waals surface area (Å²) in [6.07, 6.45) is 0. The molecule has 0 spiro atoms. The van der Waals surface area contributed by atoms with E-state index in [0.29, 0.717) is 13.1 Å². The first kappa shape index (κ1) is 17.5. The van der Waals surface area contributed by atoms with E-state index in [-0.39, 0.29) is 12.0 Å². The summed E-state index contributed by atoms with van der Waals surface area (Å²) >= 11 is 0. The van der Waals surface area contributed by atoms with Crippen LogP contribution in [0, 0.1) is 13.8 Å². The molecule has 0 amide bonds. The molecule has 0 aliphatic carbocycles. The molecule has 0 fully saturated rings. The Labute approximate surface area is 147 Å². The number of nitrogens with one attached hydrogen (secondary N) is 1. The smallest absolute Gasteiger partial charge is 0.200 e. The summed E-state index contributed by atoms with van der Waals surface area (Å²) in [6, 6.07) is 5.97. The zero-order chi connectivity index (χ0) is 18.2. The summed E-state index contributed by atoms with van der Waals surface area (Å²) in [6.45, 7) is 11.6. The van der Waals surface area contributed by atoms with Crippen molar-refractivity contribution in [1.82, 2.24) is 14.8 Å². The fraction of sp³-hybridized carbons (Fsp3) is 0.474. The topological polar surface area (TPSA) is 76.1 Å². The molecule has 134 valence electrons. The van der Waals surface area contributed by atoms with Gasteiger partial charge in [-0.3, -0.25) is 4.68 Å². The minimum atomic E-state index is -0.109. The number of aromatic nitrogens is 3. The van der Waals surface area contributed by atoms with Crippen LogP contribution in [0.1, 0.15) is 43.6 Å². The van der Waals surface area contributed by atoms with Gasteiger partial charge in [-0.15, -0.1) is 0 Å². The van der Waals surface area contributed by atoms with Crippen molar-refractivity contribution in [2.45, 2.75) is 53.1 Å². The van der Waals surface area contributed by atoms with Crippen molar-refractivity contribution in [3.05, 3.63) is 41.0 Å². The van der Waals surface area contributed by atoms with Crippen molar-refractivity contribution in [2.24, 2.45) is 0 Å². The molecule has 6 heteroatoms. The van der Waals surface area contributed by atoms with Crippen LogP contribution in [0.2, 0.25) is 0 Å². The molecule has 1 aromatic carbocycles. The first-order valence-corrected chi connectivity index (χ1v) is 8.58. The lowest BCUT2D eigenvalue weighted by atomic mass is 9.97. The van der Waals surface area contributed by atoms with E-state index in [0.717, 1.165) is 39.6 Å². The molecule has 0 atom stereocenters. The number of nitrogens with zero attached hydrogens (tertiary/aromatic N) is 3. The molecule has 0 radical (unpaired) electrons. The first-order chi connectivity index (χ1) is 11.8. The van der Waals surface area contributed by atoms with Crippen LogP contribution in [0.5, 0.6) is 0 Å². The monoisotopic (exact) mass is 342 g/mol. The number of aryl methyl sites for hydroxylation is 1. The van der Waals surface area contributed by atoms with Crippen molar-refractivity contribution in [3.63, 3.8) is 0 Å². The Balaban J connectivity index is 1.80. The minimum Gasteiger partial charge on any atom is -0.440 e. The fourth-order valence-electron chi connectivity index (χ4n) is 2.85. The van der Waals surface area contributed by atoms with Crippen LogP contribution in [-0.2, 0) is 18.5 Å². The van der Waals surface area contributed by atoms with Gasteiger partial charge in [-0.2, -0.15) is 5.10 Å². The van der Waals surface area contributed by atoms with Crippen LogP contribution < -0.4 is 5.32 Å². The van der Waals surface area contributed by atoms with Gasteiger partial charge in [0.2, 0.25) is 5.89 Å². The molecule has 0 bridgehead atoms. The molecule has 2 N–H and O–H groups in total. The van der Waals surface area contributed by atoms with E-state index in [1.54, 1.807) is 0 Å². The summed E-state index contributed by atoms with van der Waals surface area (Å²) in [7, 11) is 0. The van der Waals surface area contributed by atoms with Crippen molar-refractivity contribution in [2.75, 3.05) is 11.9 Å². The fourth-order valence-corrected chi connectivity index (χ4v) is 2.85. The number of aliphatic hydroxyl groups is 1. The lowest BCUT2D eigenvalue weighted by Gasteiger charge is -2.11. The van der Waals surface area contributed by atoms with E-state index in [2.05, 4.69) is 36.2 Å². The normalized spacial score (nSPS) is 12.1. The summed E-state index contributed by atoms with van der Waals surface area (Å²) in [5.74, 6) is 0.747. The van der Waals surface area contributed by atoms with Gasteiger partial charge in [-0.1, -0.05) is 20.8 Å². The lowest BCUT2D eigenvalue weighted by Crippen LogP contribution is -2.10. The van der Waals surface area contributed by atoms with Gasteiger partial charge in [-0.25, -0.2) is 4.98 Å². The maximum atomic E-state index is 9.12. The zero-order valence-corrected chi connectivity index (χ0v) is 15.6. The van der Waals surface area contributed by atoms with Crippen LogP contribution in [0.4, 0.5) is 5.69 Å². The summed E-state index contributed by atoms with van der Waals surface area (Å²) in [5, 5.41) is 17.0. The highest BCUT2D eigenvalue weighted by Gasteiger charge is 2.21. The minimum absolute atomic E-state index is 0.0910. The molecule has 2 heterocycles. The molecule has 0 aliphatic rings. The average molecular weight is 342 g/mol. The molecule has 0 aliphatic heterocycles. The van der Waals surface area contributed by atoms with E-state index in [1.807, 2.05) is 36.7 Å². The van der Waals surface area contributed by atoms with E-state index in [4.69, 9.17) is 9.52 Å². The number of oxazole rings is 1. The van der Waals surface area contributed by atoms with Gasteiger partial charge >= 0.3 is 0 Å². The average Bonchev–Trinajstić information content (AvgIpc) is 3.08. The maximum absolute atomic E-state index is 9.12. The van der Waals surface area contributed by atoms with Crippen LogP contribution in [0.15, 0.2) is 22.6 Å². The van der Waals surface area contributed by atoms with E-state index in [1.165, 1.54) is 0 Å². The molecular formula is C19H26N4O2. The Hall–Kier alpha value is -2.34. The van der Waals surface area contributed by atoms with Crippen molar-refractivity contribution >= 4 is 16.8 Å². The van der Waals surface area contributed by atoms with Gasteiger partial charge in [0.05, 0.1) is 18.8 Å². The molecule has 0 saturated heterocycles. The molecule has 6 nitrogen and oxygen atoms in total. The lowest BCUT2D eigenvalue weighted by molar-refractivity contribution is 0.268. The second-order valence-corrected chi connectivity index (χ2v) is 7.40. The third kappa shape index (κ3) is 3.54. The Bertz CT molecular complexity index is 887. The standard InChI is InChI=1S/C19H26N4O2/c1-12-15(13(2)23(22-12)8-9-24)11-20-14-6-7-17-16(10-14)21-18(25-17)19(3,4)5/h6-7,10,20,24H,8-9,11H2,1-5H3. The third-order valence-corrected chi connectivity index (χ3v) is 4.34. The summed E-state index contributed by atoms with van der Waals surface area (Å²) in [4.78, 5) is 4.61. The number of fused-ring (bicyclic) bond motifs is 1. The van der Waals surface area contributed by atoms with Crippen molar-refractivity contribution < 1.29 is 9.52 Å². The first-order valence-electron chi connectivity index (χ1n) is 8.58. The van der Waals surface area contributed by atoms with Gasteiger partial charge in [0, 0.05) is 28.9 Å². The number of benzene rings is 1. The molecule has 2 aromatic heterocycles. The maximum Gasteiger partial charge on any atom is 0.200 e. The Morgan fingerprint density at radius 3 is 2.68 bits per heavy atom. The van der Waals surface area contributed by atoms with E-state index in [9.17, 15) is 0 Å². The zero-order valence-electron chi connectivity index (χ0n) is 15.6. The highest BCUT2D eigenvalue weighted by Crippen LogP contribution is 2.27. The van der Waals surface area contributed by atoms with Crippen LogP contribution in [0.25, 0.3) is 11.1 Å². The Morgan fingerprint density at radius 1 is 1.24 bits per heavy atom. The Kier molecular flexibility index (Phi) is 4.56. The SMILES string of the molecule is Cc1nn(CCO)c(C)c1CNc1ccc2oc(C(C)(C)C)nc2c1. The summed E-state index contributed by atoms with van der Waals surface area (Å²) < 4.78 is 7.69. The molecule has 3 rings (SSSR count). The van der Waals surface area contributed by atoms with Gasteiger partial charge in [0.1, 0.15) is 5.52 Å². The van der Waals surface area contributed by atoms with Crippen LogP contribution in [0.3, 0.4) is 0 Å². The largest absolute Gasteiger partial charge is 0.440 e. The quantitative estimate of drug-likeness (QED) is 0.742. The molecule has 0 saturated carbocycles. The number of hydrogen-bond donors (Lipinski definition) is 2. The molecular weight excluding hydrogens is 316 g/mol. The van der Waals surface area contributed by atoms with Gasteiger partial charge in [-0.05, 0) is 32.0 Å². The van der Waals surface area contributed by atoms with Crippen molar-refractivity contribution in [1.29, 1.82) is 0 Å². The van der Waals surface area contributed by atoms with Gasteiger partial charge in [0.15, 0.2) is 5.58 Å². The number of anilines is 1. The second kappa shape index (κ2) is 6.52. The predicted octanol–water partition coefficient (Wildman–Crippen LogP) is 3.54. The molecule has 0 unspecified atom stereocenters. The Morgan fingerprint density at radius 2 is 2.00 bits per heavy atom. The summed E-state index contributed by atoms with van der Waals surface area (Å²) in [5.41, 5.74) is 5.77. The van der Waals surface area contributed by atoms with Gasteiger partial charge < -0.3 is 14.8 Å². The third-order valence-electron chi connectivity index (χ3n) is 4.34. The van der Waals surface area contributed by atoms with E-state index >= 15 is 0 Å². The second-order valence-electron chi connectivity index (χ2n) is 7.40. The molecule has 25 heavy (non-hydrogen) atoms. The highest BCUT2D eigenvalue weighted by atomic mass is 16.3. The number of hydrogen-bond acceptors (Lipinski definition) is 5. The van der Waals surface area contributed by atoms with Crippen molar-refractivity contribution in [3.8, 4) is 0 Å². The highest BCUT2D eigenvalue weighted by molar-refractivity contribution is 5.77. The van der Waals surface area contributed by atoms with Crippen LogP contribution >= 0.6 is 0 Å².